The third-order valence-corrected chi connectivity index (χ3v) is 6.49. The smallest absolute Gasteiger partial charge is 0.329 e. The van der Waals surface area contributed by atoms with E-state index in [0.717, 1.165) is 27.2 Å². The van der Waals surface area contributed by atoms with Crippen LogP contribution in [0.1, 0.15) is 23.8 Å². The van der Waals surface area contributed by atoms with Crippen LogP contribution in [0.2, 0.25) is 0 Å². The Bertz CT molecular complexity index is 1260. The molecule has 0 unspecified atom stereocenters. The van der Waals surface area contributed by atoms with E-state index in [9.17, 15) is 9.59 Å². The van der Waals surface area contributed by atoms with Crippen molar-refractivity contribution in [2.24, 2.45) is 0 Å². The fraction of sp³-hybridized carbons (Fsp3) is 0.280. The molecule has 0 saturated heterocycles. The molecule has 0 radical (unpaired) electrons. The lowest BCUT2D eigenvalue weighted by molar-refractivity contribution is -0.132. The minimum atomic E-state index is -0.0731. The number of imidazole rings is 1. The Morgan fingerprint density at radius 1 is 0.969 bits per heavy atom. The molecule has 4 aromatic rings. The second-order valence-electron chi connectivity index (χ2n) is 7.56. The molecular formula is C25H27N3O3S. The highest BCUT2D eigenvalue weighted by atomic mass is 32.1. The summed E-state index contributed by atoms with van der Waals surface area (Å²) in [6, 6.07) is 19.5. The maximum atomic E-state index is 13.3. The van der Waals surface area contributed by atoms with Gasteiger partial charge in [0, 0.05) is 36.5 Å². The second kappa shape index (κ2) is 9.87. The molecule has 0 bridgehead atoms. The van der Waals surface area contributed by atoms with E-state index in [1.807, 2.05) is 77.9 Å². The van der Waals surface area contributed by atoms with Gasteiger partial charge in [-0.05, 0) is 36.6 Å². The van der Waals surface area contributed by atoms with Gasteiger partial charge in [-0.25, -0.2) is 4.79 Å². The van der Waals surface area contributed by atoms with Crippen LogP contribution in [-0.4, -0.2) is 27.1 Å². The Labute approximate surface area is 191 Å². The largest absolute Gasteiger partial charge is 0.496 e. The predicted molar refractivity (Wildman–Crippen MR) is 128 cm³/mol. The van der Waals surface area contributed by atoms with Crippen molar-refractivity contribution in [1.29, 1.82) is 0 Å². The predicted octanol–water partition coefficient (Wildman–Crippen LogP) is 4.51. The SMILES string of the molecule is CCn1c(=O)n(CCC(=O)N(Cc2cccs2)Cc2ccccc2OC)c2ccccc21. The van der Waals surface area contributed by atoms with Crippen molar-refractivity contribution in [1.82, 2.24) is 14.0 Å². The Kier molecular flexibility index (Phi) is 6.75. The van der Waals surface area contributed by atoms with Crippen LogP contribution in [0.5, 0.6) is 5.75 Å². The van der Waals surface area contributed by atoms with E-state index in [0.29, 0.717) is 26.2 Å². The molecule has 0 atom stereocenters. The van der Waals surface area contributed by atoms with Gasteiger partial charge in [-0.15, -0.1) is 11.3 Å². The summed E-state index contributed by atoms with van der Waals surface area (Å²) in [6.45, 7) is 3.88. The number of amides is 1. The molecule has 4 rings (SSSR count). The van der Waals surface area contributed by atoms with Gasteiger partial charge < -0.3 is 9.64 Å². The van der Waals surface area contributed by atoms with Gasteiger partial charge >= 0.3 is 5.69 Å². The van der Waals surface area contributed by atoms with Crippen molar-refractivity contribution in [3.8, 4) is 5.75 Å². The minimum Gasteiger partial charge on any atom is -0.496 e. The van der Waals surface area contributed by atoms with E-state index >= 15 is 0 Å². The highest BCUT2D eigenvalue weighted by Crippen LogP contribution is 2.22. The Morgan fingerprint density at radius 2 is 1.69 bits per heavy atom. The van der Waals surface area contributed by atoms with Crippen LogP contribution in [0.25, 0.3) is 11.0 Å². The molecule has 0 aliphatic heterocycles. The van der Waals surface area contributed by atoms with Gasteiger partial charge in [-0.3, -0.25) is 13.9 Å². The number of carbonyl (C=O) groups excluding carboxylic acids is 1. The van der Waals surface area contributed by atoms with Gasteiger partial charge in [0.05, 0.1) is 24.7 Å². The molecule has 2 aromatic heterocycles. The summed E-state index contributed by atoms with van der Waals surface area (Å²) in [5.74, 6) is 0.767. The number of nitrogens with zero attached hydrogens (tertiary/aromatic N) is 3. The third kappa shape index (κ3) is 4.48. The van der Waals surface area contributed by atoms with Crippen LogP contribution in [0, 0.1) is 0 Å². The van der Waals surface area contributed by atoms with E-state index in [1.54, 1.807) is 27.6 Å². The van der Waals surface area contributed by atoms with Crippen LogP contribution in [0.3, 0.4) is 0 Å². The Morgan fingerprint density at radius 3 is 2.38 bits per heavy atom. The molecule has 166 valence electrons. The normalized spacial score (nSPS) is 11.1. The van der Waals surface area contributed by atoms with Crippen molar-refractivity contribution in [2.75, 3.05) is 7.11 Å². The van der Waals surface area contributed by atoms with Crippen LogP contribution >= 0.6 is 11.3 Å². The number of ether oxygens (including phenoxy) is 1. The number of hydrogen-bond acceptors (Lipinski definition) is 4. The van der Waals surface area contributed by atoms with E-state index in [2.05, 4.69) is 0 Å². The first-order chi connectivity index (χ1) is 15.6. The van der Waals surface area contributed by atoms with Crippen LogP contribution < -0.4 is 10.4 Å². The molecule has 0 aliphatic rings. The van der Waals surface area contributed by atoms with E-state index < -0.39 is 0 Å². The van der Waals surface area contributed by atoms with Crippen molar-refractivity contribution in [3.05, 3.63) is 87.0 Å². The van der Waals surface area contributed by atoms with Crippen molar-refractivity contribution in [2.45, 2.75) is 39.5 Å². The number of hydrogen-bond donors (Lipinski definition) is 0. The first-order valence-electron chi connectivity index (χ1n) is 10.7. The molecule has 0 N–H and O–H groups in total. The van der Waals surface area contributed by atoms with Gasteiger partial charge in [0.25, 0.3) is 0 Å². The number of rotatable bonds is 9. The molecular weight excluding hydrogens is 422 g/mol. The van der Waals surface area contributed by atoms with Crippen LogP contribution in [-0.2, 0) is 31.0 Å². The fourth-order valence-corrected chi connectivity index (χ4v) is 4.74. The first-order valence-corrected chi connectivity index (χ1v) is 11.6. The average Bonchev–Trinajstić information content (AvgIpc) is 3.42. The van der Waals surface area contributed by atoms with Gasteiger partial charge in [0.2, 0.25) is 5.91 Å². The summed E-state index contributed by atoms with van der Waals surface area (Å²) in [7, 11) is 1.64. The van der Waals surface area contributed by atoms with Crippen molar-refractivity contribution < 1.29 is 9.53 Å². The van der Waals surface area contributed by atoms with Crippen LogP contribution in [0.4, 0.5) is 0 Å². The van der Waals surface area contributed by atoms with Gasteiger partial charge in [-0.1, -0.05) is 36.4 Å². The number of aromatic nitrogens is 2. The number of aryl methyl sites for hydroxylation is 2. The monoisotopic (exact) mass is 449 g/mol. The van der Waals surface area contributed by atoms with E-state index in [-0.39, 0.29) is 18.0 Å². The molecule has 2 heterocycles. The van der Waals surface area contributed by atoms with E-state index in [4.69, 9.17) is 4.74 Å². The van der Waals surface area contributed by atoms with Crippen molar-refractivity contribution >= 4 is 28.3 Å². The quantitative estimate of drug-likeness (QED) is 0.378. The Balaban J connectivity index is 1.57. The van der Waals surface area contributed by atoms with E-state index in [1.165, 1.54) is 0 Å². The van der Waals surface area contributed by atoms with Gasteiger partial charge in [0.1, 0.15) is 5.75 Å². The third-order valence-electron chi connectivity index (χ3n) is 5.62. The molecule has 0 aliphatic carbocycles. The number of methoxy groups -OCH3 is 1. The molecule has 32 heavy (non-hydrogen) atoms. The number of carbonyl (C=O) groups is 1. The maximum Gasteiger partial charge on any atom is 0.329 e. The second-order valence-corrected chi connectivity index (χ2v) is 8.59. The summed E-state index contributed by atoms with van der Waals surface area (Å²) < 4.78 is 8.95. The number of thiophene rings is 1. The summed E-state index contributed by atoms with van der Waals surface area (Å²) in [6.07, 6.45) is 0.248. The number of fused-ring (bicyclic) bond motifs is 1. The summed E-state index contributed by atoms with van der Waals surface area (Å²) in [5.41, 5.74) is 2.65. The molecule has 0 fully saturated rings. The standard InChI is InChI=1S/C25H27N3O3S/c1-3-27-21-11-5-6-12-22(21)28(25(27)30)15-14-24(29)26(18-20-10-8-16-32-20)17-19-9-4-7-13-23(19)31-2/h4-13,16H,3,14-15,17-18H2,1-2H3. The van der Waals surface area contributed by atoms with Gasteiger partial charge in [-0.2, -0.15) is 0 Å². The zero-order valence-electron chi connectivity index (χ0n) is 18.4. The zero-order valence-corrected chi connectivity index (χ0v) is 19.2. The molecule has 7 heteroatoms. The topological polar surface area (TPSA) is 56.5 Å². The Hall–Kier alpha value is -3.32. The minimum absolute atomic E-state index is 0.00420. The molecule has 2 aromatic carbocycles. The van der Waals surface area contributed by atoms with Crippen LogP contribution in [0.15, 0.2) is 70.8 Å². The van der Waals surface area contributed by atoms with Gasteiger partial charge in [0.15, 0.2) is 0 Å². The lowest BCUT2D eigenvalue weighted by Gasteiger charge is -2.23. The summed E-state index contributed by atoms with van der Waals surface area (Å²) >= 11 is 1.63. The summed E-state index contributed by atoms with van der Waals surface area (Å²) in [5, 5.41) is 2.01. The highest BCUT2D eigenvalue weighted by molar-refractivity contribution is 7.09. The highest BCUT2D eigenvalue weighted by Gasteiger charge is 2.19. The average molecular weight is 450 g/mol. The molecule has 0 spiro atoms. The number of benzene rings is 2. The summed E-state index contributed by atoms with van der Waals surface area (Å²) in [4.78, 5) is 29.2. The maximum absolute atomic E-state index is 13.3. The zero-order chi connectivity index (χ0) is 22.5. The number of para-hydroxylation sites is 3. The van der Waals surface area contributed by atoms with Crippen molar-refractivity contribution in [3.63, 3.8) is 0 Å². The first kappa shape index (κ1) is 21.9. The fourth-order valence-electron chi connectivity index (χ4n) is 4.02. The molecule has 1 amide bonds. The molecule has 0 saturated carbocycles. The molecule has 6 nitrogen and oxygen atoms in total. The lowest BCUT2D eigenvalue weighted by atomic mass is 10.1. The lowest BCUT2D eigenvalue weighted by Crippen LogP contribution is -2.32.